The minimum absolute atomic E-state index is 0.0429. The van der Waals surface area contributed by atoms with E-state index in [9.17, 15) is 12.8 Å². The Morgan fingerprint density at radius 2 is 2.00 bits per heavy atom. The molecule has 0 amide bonds. The van der Waals surface area contributed by atoms with Crippen LogP contribution in [0.5, 0.6) is 5.75 Å². The van der Waals surface area contributed by atoms with Gasteiger partial charge >= 0.3 is 0 Å². The van der Waals surface area contributed by atoms with E-state index in [1.807, 2.05) is 0 Å². The second kappa shape index (κ2) is 4.34. The van der Waals surface area contributed by atoms with E-state index in [1.165, 1.54) is 33.1 Å². The third-order valence-corrected chi connectivity index (χ3v) is 4.68. The normalized spacial score (nSPS) is 11.9. The number of hydrogen-bond donors (Lipinski definition) is 0. The van der Waals surface area contributed by atoms with Crippen LogP contribution in [-0.4, -0.2) is 20.3 Å². The zero-order valence-electron chi connectivity index (χ0n) is 9.69. The fourth-order valence-electron chi connectivity index (χ4n) is 1.17. The van der Waals surface area contributed by atoms with Crippen LogP contribution in [0.1, 0.15) is 13.8 Å². The molecule has 0 atom stereocenters. The highest BCUT2D eigenvalue weighted by molar-refractivity contribution is 7.93. The molecule has 0 aliphatic rings. The van der Waals surface area contributed by atoms with Crippen molar-refractivity contribution in [3.63, 3.8) is 0 Å². The summed E-state index contributed by atoms with van der Waals surface area (Å²) in [5.74, 6) is -0.818. The lowest BCUT2D eigenvalue weighted by Crippen LogP contribution is -2.30. The van der Waals surface area contributed by atoms with Crippen molar-refractivity contribution in [3.8, 4) is 11.8 Å². The summed E-state index contributed by atoms with van der Waals surface area (Å²) in [6, 6.07) is 4.98. The van der Waals surface area contributed by atoms with Crippen molar-refractivity contribution in [3.05, 3.63) is 24.0 Å². The van der Waals surface area contributed by atoms with Gasteiger partial charge in [-0.25, -0.2) is 12.8 Å². The number of halogens is 1. The van der Waals surface area contributed by atoms with Gasteiger partial charge < -0.3 is 4.74 Å². The van der Waals surface area contributed by atoms with Crippen molar-refractivity contribution < 1.29 is 17.5 Å². The molecular formula is C11H12FNO3S. The molecule has 0 heterocycles. The van der Waals surface area contributed by atoms with Crippen molar-refractivity contribution in [1.82, 2.24) is 0 Å². The van der Waals surface area contributed by atoms with E-state index in [-0.39, 0.29) is 10.6 Å². The van der Waals surface area contributed by atoms with Gasteiger partial charge in [-0.05, 0) is 32.0 Å². The van der Waals surface area contributed by atoms with E-state index in [1.54, 1.807) is 6.07 Å². The Morgan fingerprint density at radius 1 is 1.41 bits per heavy atom. The van der Waals surface area contributed by atoms with E-state index >= 15 is 0 Å². The van der Waals surface area contributed by atoms with Gasteiger partial charge in [-0.15, -0.1) is 0 Å². The van der Waals surface area contributed by atoms with Crippen LogP contribution >= 0.6 is 0 Å². The summed E-state index contributed by atoms with van der Waals surface area (Å²) in [6.45, 7) is 2.54. The highest BCUT2D eigenvalue weighted by Gasteiger charge is 2.36. The van der Waals surface area contributed by atoms with Gasteiger partial charge in [0.1, 0.15) is 0 Å². The molecule has 0 saturated carbocycles. The summed E-state index contributed by atoms with van der Waals surface area (Å²) in [7, 11) is -2.61. The van der Waals surface area contributed by atoms with Crippen molar-refractivity contribution in [2.75, 3.05) is 7.11 Å². The topological polar surface area (TPSA) is 67.2 Å². The van der Waals surface area contributed by atoms with E-state index in [4.69, 9.17) is 5.26 Å². The first kappa shape index (κ1) is 13.5. The van der Waals surface area contributed by atoms with Crippen LogP contribution in [0.2, 0.25) is 0 Å². The second-order valence-corrected chi connectivity index (χ2v) is 6.42. The van der Waals surface area contributed by atoms with Crippen molar-refractivity contribution in [2.24, 2.45) is 0 Å². The Bertz CT molecular complexity index is 573. The SMILES string of the molecule is COc1ccc(S(=O)(=O)C(C)(C)C#N)cc1F. The average molecular weight is 257 g/mol. The van der Waals surface area contributed by atoms with Crippen LogP contribution < -0.4 is 4.74 Å². The number of nitrogens with zero attached hydrogens (tertiary/aromatic N) is 1. The first-order chi connectivity index (χ1) is 7.76. The molecule has 1 aromatic carbocycles. The van der Waals surface area contributed by atoms with Crippen LogP contribution in [-0.2, 0) is 9.84 Å². The van der Waals surface area contributed by atoms with Crippen LogP contribution in [0.15, 0.2) is 23.1 Å². The quantitative estimate of drug-likeness (QED) is 0.829. The number of hydrogen-bond acceptors (Lipinski definition) is 4. The lowest BCUT2D eigenvalue weighted by atomic mass is 10.2. The monoisotopic (exact) mass is 257 g/mol. The molecule has 0 N–H and O–H groups in total. The summed E-state index contributed by atoms with van der Waals surface area (Å²) < 4.78 is 40.5. The molecule has 0 radical (unpaired) electrons. The maximum Gasteiger partial charge on any atom is 0.196 e. The molecular weight excluding hydrogens is 245 g/mol. The zero-order valence-corrected chi connectivity index (χ0v) is 10.5. The molecule has 17 heavy (non-hydrogen) atoms. The van der Waals surface area contributed by atoms with Crippen LogP contribution in [0.3, 0.4) is 0 Å². The predicted molar refractivity (Wildman–Crippen MR) is 59.8 cm³/mol. The van der Waals surface area contributed by atoms with Crippen LogP contribution in [0.4, 0.5) is 4.39 Å². The molecule has 0 unspecified atom stereocenters. The Kier molecular flexibility index (Phi) is 3.43. The number of rotatable bonds is 3. The maximum atomic E-state index is 13.4. The number of ether oxygens (including phenoxy) is 1. The fraction of sp³-hybridized carbons (Fsp3) is 0.364. The standard InChI is InChI=1S/C11H12FNO3S/c1-11(2,7-13)17(14,15)8-4-5-10(16-3)9(12)6-8/h4-6H,1-3H3. The first-order valence-electron chi connectivity index (χ1n) is 4.75. The fourth-order valence-corrected chi connectivity index (χ4v) is 2.38. The Morgan fingerprint density at radius 3 is 2.41 bits per heavy atom. The molecule has 4 nitrogen and oxygen atoms in total. The number of nitriles is 1. The highest BCUT2D eigenvalue weighted by Crippen LogP contribution is 2.28. The van der Waals surface area contributed by atoms with Gasteiger partial charge in [0.05, 0.1) is 18.1 Å². The van der Waals surface area contributed by atoms with Crippen molar-refractivity contribution in [2.45, 2.75) is 23.5 Å². The number of benzene rings is 1. The minimum atomic E-state index is -3.89. The molecule has 0 saturated heterocycles. The van der Waals surface area contributed by atoms with Gasteiger partial charge in [-0.2, -0.15) is 5.26 Å². The lowest BCUT2D eigenvalue weighted by molar-refractivity contribution is 0.385. The molecule has 6 heteroatoms. The van der Waals surface area contributed by atoms with E-state index in [0.29, 0.717) is 0 Å². The van der Waals surface area contributed by atoms with Gasteiger partial charge in [-0.1, -0.05) is 0 Å². The summed E-state index contributed by atoms with van der Waals surface area (Å²) in [6.07, 6.45) is 0. The van der Waals surface area contributed by atoms with E-state index in [2.05, 4.69) is 4.74 Å². The molecule has 0 spiro atoms. The molecule has 0 bridgehead atoms. The Hall–Kier alpha value is -1.61. The summed E-state index contributed by atoms with van der Waals surface area (Å²) in [4.78, 5) is -0.234. The average Bonchev–Trinajstić information content (AvgIpc) is 2.28. The molecule has 1 aromatic rings. The van der Waals surface area contributed by atoms with Crippen LogP contribution in [0, 0.1) is 17.1 Å². The van der Waals surface area contributed by atoms with Gasteiger partial charge in [-0.3, -0.25) is 0 Å². The van der Waals surface area contributed by atoms with E-state index < -0.39 is 20.4 Å². The maximum absolute atomic E-state index is 13.4. The summed E-state index contributed by atoms with van der Waals surface area (Å²) >= 11 is 0. The van der Waals surface area contributed by atoms with E-state index in [0.717, 1.165) is 6.07 Å². The van der Waals surface area contributed by atoms with Crippen molar-refractivity contribution in [1.29, 1.82) is 5.26 Å². The smallest absolute Gasteiger partial charge is 0.196 e. The third-order valence-electron chi connectivity index (χ3n) is 2.37. The zero-order chi connectivity index (χ0) is 13.3. The Labute approximate surface area is 99.6 Å². The van der Waals surface area contributed by atoms with Gasteiger partial charge in [0.25, 0.3) is 0 Å². The third kappa shape index (κ3) is 2.24. The molecule has 0 fully saturated rings. The molecule has 0 aliphatic heterocycles. The molecule has 0 aliphatic carbocycles. The lowest BCUT2D eigenvalue weighted by Gasteiger charge is -2.16. The Balaban J connectivity index is 3.38. The van der Waals surface area contributed by atoms with Crippen LogP contribution in [0.25, 0.3) is 0 Å². The number of sulfone groups is 1. The molecule has 0 aromatic heterocycles. The van der Waals surface area contributed by atoms with Gasteiger partial charge in [0.15, 0.2) is 26.2 Å². The van der Waals surface area contributed by atoms with Gasteiger partial charge in [0, 0.05) is 0 Å². The summed E-state index contributed by atoms with van der Waals surface area (Å²) in [5.41, 5.74) is 0. The molecule has 1 rings (SSSR count). The first-order valence-corrected chi connectivity index (χ1v) is 6.24. The highest BCUT2D eigenvalue weighted by atomic mass is 32.2. The second-order valence-electron chi connectivity index (χ2n) is 3.92. The summed E-state index contributed by atoms with van der Waals surface area (Å²) in [5, 5.41) is 8.81. The van der Waals surface area contributed by atoms with Gasteiger partial charge in [0.2, 0.25) is 0 Å². The van der Waals surface area contributed by atoms with Crippen molar-refractivity contribution >= 4 is 9.84 Å². The minimum Gasteiger partial charge on any atom is -0.494 e. The predicted octanol–water partition coefficient (Wildman–Crippen LogP) is 1.91. The number of methoxy groups -OCH3 is 1. The largest absolute Gasteiger partial charge is 0.494 e. The molecule has 92 valence electrons.